The zero-order chi connectivity index (χ0) is 16.3. The summed E-state index contributed by atoms with van der Waals surface area (Å²) < 4.78 is 6.02. The number of nitrogens with zero attached hydrogens (tertiary/aromatic N) is 1. The normalized spacial score (nSPS) is 30.1. The topological polar surface area (TPSA) is 62.0 Å². The molecule has 5 nitrogen and oxygen atoms in total. The fourth-order valence-electron chi connectivity index (χ4n) is 4.52. The van der Waals surface area contributed by atoms with Crippen molar-refractivity contribution in [1.29, 1.82) is 0 Å². The monoisotopic (exact) mass is 320 g/mol. The molecule has 3 N–H and O–H groups in total. The van der Waals surface area contributed by atoms with Gasteiger partial charge in [0.2, 0.25) is 0 Å². The molecule has 1 aliphatic carbocycles. The molecule has 23 heavy (non-hydrogen) atoms. The molecule has 2 fully saturated rings. The van der Waals surface area contributed by atoms with E-state index in [2.05, 4.69) is 34.7 Å². The van der Waals surface area contributed by atoms with Crippen LogP contribution in [0.1, 0.15) is 63.1 Å². The van der Waals surface area contributed by atoms with E-state index >= 15 is 0 Å². The third-order valence-electron chi connectivity index (χ3n) is 6.29. The van der Waals surface area contributed by atoms with E-state index in [1.54, 1.807) is 0 Å². The maximum absolute atomic E-state index is 6.02. The maximum Gasteiger partial charge on any atom is 0.0683 e. The van der Waals surface area contributed by atoms with Gasteiger partial charge >= 0.3 is 0 Å². The molecule has 1 aromatic rings. The van der Waals surface area contributed by atoms with Gasteiger partial charge in [0, 0.05) is 48.8 Å². The molecule has 3 rings (SSSR count). The molecule has 1 spiro atoms. The van der Waals surface area contributed by atoms with Crippen molar-refractivity contribution in [2.75, 3.05) is 26.7 Å². The molecule has 0 atom stereocenters. The van der Waals surface area contributed by atoms with Crippen LogP contribution < -0.4 is 10.6 Å². The molecule has 0 aromatic carbocycles. The van der Waals surface area contributed by atoms with Crippen molar-refractivity contribution in [3.63, 3.8) is 0 Å². The first-order valence-corrected chi connectivity index (χ1v) is 9.09. The maximum atomic E-state index is 6.02. The van der Waals surface area contributed by atoms with Crippen LogP contribution in [0.15, 0.2) is 6.20 Å². The van der Waals surface area contributed by atoms with Crippen LogP contribution in [0.5, 0.6) is 0 Å². The molecule has 0 bridgehead atoms. The van der Waals surface area contributed by atoms with E-state index in [0.29, 0.717) is 11.3 Å². The lowest BCUT2D eigenvalue weighted by molar-refractivity contribution is -0.0510. The lowest BCUT2D eigenvalue weighted by Crippen LogP contribution is -2.42. The SMILES string of the molecule is CNCCNCc1cn[nH]c1C1CCC2(CCOC2(C)C)CC1. The average molecular weight is 320 g/mol. The molecule has 0 amide bonds. The van der Waals surface area contributed by atoms with Crippen LogP contribution in [0, 0.1) is 5.41 Å². The Kier molecular flexibility index (Phi) is 5.09. The second-order valence-electron chi connectivity index (χ2n) is 7.75. The minimum Gasteiger partial charge on any atom is -0.375 e. The summed E-state index contributed by atoms with van der Waals surface area (Å²) in [6.45, 7) is 8.39. The van der Waals surface area contributed by atoms with Gasteiger partial charge in [-0.05, 0) is 53.0 Å². The lowest BCUT2D eigenvalue weighted by atomic mass is 9.61. The van der Waals surface area contributed by atoms with Crippen LogP contribution >= 0.6 is 0 Å². The van der Waals surface area contributed by atoms with Crippen LogP contribution in [0.25, 0.3) is 0 Å². The molecule has 1 saturated heterocycles. The standard InChI is InChI=1S/C18H32N4O/c1-17(2)18(8-11-23-17)6-4-14(5-7-18)16-15(13-21-22-16)12-20-10-9-19-3/h13-14,19-20H,4-12H2,1-3H3,(H,21,22). The largest absolute Gasteiger partial charge is 0.375 e. The highest BCUT2D eigenvalue weighted by molar-refractivity contribution is 5.22. The van der Waals surface area contributed by atoms with E-state index in [-0.39, 0.29) is 5.60 Å². The number of nitrogens with one attached hydrogen (secondary N) is 3. The average Bonchev–Trinajstić information content (AvgIpc) is 3.10. The van der Waals surface area contributed by atoms with E-state index in [1.807, 2.05) is 13.2 Å². The molecule has 1 aromatic heterocycles. The Balaban J connectivity index is 1.59. The van der Waals surface area contributed by atoms with Crippen molar-refractivity contribution >= 4 is 0 Å². The van der Waals surface area contributed by atoms with Crippen molar-refractivity contribution in [3.05, 3.63) is 17.5 Å². The number of aromatic nitrogens is 2. The van der Waals surface area contributed by atoms with Gasteiger partial charge in [0.1, 0.15) is 0 Å². The second-order valence-corrected chi connectivity index (χ2v) is 7.75. The molecule has 2 aliphatic rings. The van der Waals surface area contributed by atoms with E-state index in [4.69, 9.17) is 4.74 Å². The van der Waals surface area contributed by atoms with Gasteiger partial charge in [-0.2, -0.15) is 5.10 Å². The summed E-state index contributed by atoms with van der Waals surface area (Å²) in [5.41, 5.74) is 3.13. The van der Waals surface area contributed by atoms with Gasteiger partial charge in [-0.15, -0.1) is 0 Å². The van der Waals surface area contributed by atoms with Gasteiger partial charge in [-0.1, -0.05) is 0 Å². The molecule has 1 aliphatic heterocycles. The van der Waals surface area contributed by atoms with Gasteiger partial charge in [-0.25, -0.2) is 0 Å². The zero-order valence-corrected chi connectivity index (χ0v) is 14.9. The van der Waals surface area contributed by atoms with Gasteiger partial charge < -0.3 is 15.4 Å². The minimum atomic E-state index is 0.0451. The Morgan fingerprint density at radius 2 is 2.04 bits per heavy atom. The van der Waals surface area contributed by atoms with Crippen molar-refractivity contribution < 1.29 is 4.74 Å². The lowest BCUT2D eigenvalue weighted by Gasteiger charge is -2.45. The molecule has 0 unspecified atom stereocenters. The van der Waals surface area contributed by atoms with Crippen LogP contribution in [-0.4, -0.2) is 42.5 Å². The van der Waals surface area contributed by atoms with Crippen molar-refractivity contribution in [2.45, 2.75) is 64.0 Å². The van der Waals surface area contributed by atoms with E-state index < -0.39 is 0 Å². The Hall–Kier alpha value is -0.910. The second kappa shape index (κ2) is 6.91. The number of likely N-dealkylation sites (N-methyl/N-ethyl adjacent to an activating group) is 1. The van der Waals surface area contributed by atoms with Crippen LogP contribution in [-0.2, 0) is 11.3 Å². The summed E-state index contributed by atoms with van der Waals surface area (Å²) in [5, 5.41) is 14.2. The van der Waals surface area contributed by atoms with Crippen LogP contribution in [0.3, 0.4) is 0 Å². The Morgan fingerprint density at radius 3 is 2.70 bits per heavy atom. The number of H-pyrrole nitrogens is 1. The predicted octanol–water partition coefficient (Wildman–Crippen LogP) is 2.56. The first kappa shape index (κ1) is 16.9. The third-order valence-corrected chi connectivity index (χ3v) is 6.29. The molecule has 2 heterocycles. The van der Waals surface area contributed by atoms with E-state index in [9.17, 15) is 0 Å². The smallest absolute Gasteiger partial charge is 0.0683 e. The first-order chi connectivity index (χ1) is 11.1. The number of hydrogen-bond donors (Lipinski definition) is 3. The highest BCUT2D eigenvalue weighted by Crippen LogP contribution is 2.55. The Bertz CT molecular complexity index is 503. The minimum absolute atomic E-state index is 0.0451. The molecule has 1 saturated carbocycles. The summed E-state index contributed by atoms with van der Waals surface area (Å²) >= 11 is 0. The van der Waals surface area contributed by atoms with Gasteiger partial charge in [0.05, 0.1) is 11.8 Å². The molecular weight excluding hydrogens is 288 g/mol. The quantitative estimate of drug-likeness (QED) is 0.705. The number of hydrogen-bond acceptors (Lipinski definition) is 4. The first-order valence-electron chi connectivity index (χ1n) is 9.09. The Morgan fingerprint density at radius 1 is 1.26 bits per heavy atom. The number of ether oxygens (including phenoxy) is 1. The molecule has 130 valence electrons. The summed E-state index contributed by atoms with van der Waals surface area (Å²) in [4.78, 5) is 0. The van der Waals surface area contributed by atoms with E-state index in [0.717, 1.165) is 26.2 Å². The number of rotatable bonds is 6. The third kappa shape index (κ3) is 3.32. The van der Waals surface area contributed by atoms with Crippen molar-refractivity contribution in [2.24, 2.45) is 5.41 Å². The van der Waals surface area contributed by atoms with Gasteiger partial charge in [0.15, 0.2) is 0 Å². The Labute approximate surface area is 140 Å². The molecule has 5 heteroatoms. The predicted molar refractivity (Wildman–Crippen MR) is 92.5 cm³/mol. The van der Waals surface area contributed by atoms with Gasteiger partial charge in [-0.3, -0.25) is 5.10 Å². The van der Waals surface area contributed by atoms with Crippen LogP contribution in [0.4, 0.5) is 0 Å². The van der Waals surface area contributed by atoms with Crippen molar-refractivity contribution in [3.8, 4) is 0 Å². The fraction of sp³-hybridized carbons (Fsp3) is 0.833. The highest BCUT2D eigenvalue weighted by Gasteiger charge is 2.51. The molecule has 0 radical (unpaired) electrons. The fourth-order valence-corrected chi connectivity index (χ4v) is 4.52. The van der Waals surface area contributed by atoms with Gasteiger partial charge in [0.25, 0.3) is 0 Å². The summed E-state index contributed by atoms with van der Waals surface area (Å²) in [7, 11) is 1.98. The highest BCUT2D eigenvalue weighted by atomic mass is 16.5. The zero-order valence-electron chi connectivity index (χ0n) is 14.9. The molecular formula is C18H32N4O. The number of aromatic amines is 1. The summed E-state index contributed by atoms with van der Waals surface area (Å²) in [5.74, 6) is 0.626. The van der Waals surface area contributed by atoms with E-state index in [1.165, 1.54) is 43.4 Å². The summed E-state index contributed by atoms with van der Waals surface area (Å²) in [6, 6.07) is 0. The van der Waals surface area contributed by atoms with Crippen molar-refractivity contribution in [1.82, 2.24) is 20.8 Å². The summed E-state index contributed by atoms with van der Waals surface area (Å²) in [6.07, 6.45) is 8.27. The van der Waals surface area contributed by atoms with Crippen LogP contribution in [0.2, 0.25) is 0 Å².